The monoisotopic (exact) mass is 417 g/mol. The number of nitrogens with zero attached hydrogens (tertiary/aromatic N) is 3. The zero-order valence-electron chi connectivity index (χ0n) is 18.4. The second-order valence-corrected chi connectivity index (χ2v) is 8.38. The summed E-state index contributed by atoms with van der Waals surface area (Å²) in [5.74, 6) is 1.19. The Morgan fingerprint density at radius 1 is 1.27 bits per heavy atom. The van der Waals surface area contributed by atoms with Gasteiger partial charge in [-0.25, -0.2) is 4.39 Å². The molecule has 2 N–H and O–H groups in total. The van der Waals surface area contributed by atoms with Crippen molar-refractivity contribution in [3.63, 3.8) is 0 Å². The molecule has 1 aromatic rings. The highest BCUT2D eigenvalue weighted by Gasteiger charge is 2.32. The summed E-state index contributed by atoms with van der Waals surface area (Å²) >= 11 is 0. The third kappa shape index (κ3) is 6.09. The number of aliphatic imine (C=N–C) groups is 1. The van der Waals surface area contributed by atoms with E-state index in [1.54, 1.807) is 12.1 Å². The molecule has 30 heavy (non-hydrogen) atoms. The van der Waals surface area contributed by atoms with Crippen LogP contribution in [0.4, 0.5) is 10.1 Å². The molecule has 1 aliphatic heterocycles. The molecule has 1 unspecified atom stereocenters. The first-order valence-corrected chi connectivity index (χ1v) is 11.4. The van der Waals surface area contributed by atoms with E-state index in [1.807, 2.05) is 29.8 Å². The van der Waals surface area contributed by atoms with Gasteiger partial charge in [-0.1, -0.05) is 25.0 Å². The number of benzene rings is 1. The van der Waals surface area contributed by atoms with Gasteiger partial charge in [0.1, 0.15) is 5.82 Å². The lowest BCUT2D eigenvalue weighted by molar-refractivity contribution is -0.134. The number of carbonyl (C=O) groups excluding carboxylic acids is 1. The number of anilines is 1. The van der Waals surface area contributed by atoms with Crippen LogP contribution in [0, 0.1) is 11.7 Å². The molecule has 1 amide bonds. The molecule has 2 fully saturated rings. The van der Waals surface area contributed by atoms with Gasteiger partial charge in [0.15, 0.2) is 5.96 Å². The summed E-state index contributed by atoms with van der Waals surface area (Å²) in [5.41, 5.74) is 0.615. The smallest absolute Gasteiger partial charge is 0.225 e. The quantitative estimate of drug-likeness (QED) is 0.388. The predicted molar refractivity (Wildman–Crippen MR) is 120 cm³/mol. The van der Waals surface area contributed by atoms with E-state index in [0.29, 0.717) is 18.1 Å². The van der Waals surface area contributed by atoms with Gasteiger partial charge in [0.25, 0.3) is 0 Å². The van der Waals surface area contributed by atoms with Gasteiger partial charge in [0.05, 0.1) is 5.69 Å². The second kappa shape index (κ2) is 11.2. The van der Waals surface area contributed by atoms with Gasteiger partial charge < -0.3 is 20.4 Å². The van der Waals surface area contributed by atoms with E-state index in [2.05, 4.69) is 15.6 Å². The van der Waals surface area contributed by atoms with Crippen LogP contribution in [0.25, 0.3) is 0 Å². The third-order valence-electron chi connectivity index (χ3n) is 6.07. The average molecular weight is 418 g/mol. The molecule has 2 aliphatic rings. The van der Waals surface area contributed by atoms with E-state index in [9.17, 15) is 9.18 Å². The largest absolute Gasteiger partial charge is 0.372 e. The third-order valence-corrected chi connectivity index (χ3v) is 6.07. The zero-order valence-corrected chi connectivity index (χ0v) is 18.4. The van der Waals surface area contributed by atoms with Gasteiger partial charge >= 0.3 is 0 Å². The molecule has 0 bridgehead atoms. The highest BCUT2D eigenvalue weighted by Crippen LogP contribution is 2.27. The minimum absolute atomic E-state index is 0.198. The lowest BCUT2D eigenvalue weighted by atomic mass is 10.1. The first kappa shape index (κ1) is 22.4. The fourth-order valence-electron chi connectivity index (χ4n) is 4.40. The molecule has 1 atom stereocenters. The van der Waals surface area contributed by atoms with E-state index >= 15 is 0 Å². The molecular weight excluding hydrogens is 381 g/mol. The summed E-state index contributed by atoms with van der Waals surface area (Å²) < 4.78 is 13.9. The molecule has 6 nitrogen and oxygen atoms in total. The first-order chi connectivity index (χ1) is 14.6. The Morgan fingerprint density at radius 2 is 2.03 bits per heavy atom. The number of nitrogens with one attached hydrogen (secondary N) is 2. The molecule has 1 saturated heterocycles. The zero-order chi connectivity index (χ0) is 21.3. The minimum atomic E-state index is -0.198. The summed E-state index contributed by atoms with van der Waals surface area (Å²) in [6.07, 6.45) is 6.28. The molecule has 1 saturated carbocycles. The molecule has 1 aromatic carbocycles. The number of halogens is 1. The lowest BCUT2D eigenvalue weighted by Gasteiger charge is -2.22. The van der Waals surface area contributed by atoms with Crippen molar-refractivity contribution in [2.75, 3.05) is 44.7 Å². The summed E-state index contributed by atoms with van der Waals surface area (Å²) in [6.45, 7) is 5.82. The number of hydrogen-bond acceptors (Lipinski definition) is 3. The van der Waals surface area contributed by atoms with Crippen LogP contribution in [0.15, 0.2) is 29.3 Å². The van der Waals surface area contributed by atoms with Crippen LogP contribution in [-0.4, -0.2) is 62.6 Å². The van der Waals surface area contributed by atoms with Gasteiger partial charge in [-0.15, -0.1) is 0 Å². The van der Waals surface area contributed by atoms with Crippen molar-refractivity contribution in [3.8, 4) is 0 Å². The molecule has 0 aromatic heterocycles. The molecule has 166 valence electrons. The topological polar surface area (TPSA) is 60.0 Å². The van der Waals surface area contributed by atoms with Crippen LogP contribution >= 0.6 is 0 Å². The van der Waals surface area contributed by atoms with Gasteiger partial charge in [-0.05, 0) is 44.7 Å². The first-order valence-electron chi connectivity index (χ1n) is 11.4. The predicted octanol–water partition coefficient (Wildman–Crippen LogP) is 3.00. The maximum atomic E-state index is 13.9. The Hall–Kier alpha value is -2.31. The van der Waals surface area contributed by atoms with Crippen molar-refractivity contribution in [1.29, 1.82) is 0 Å². The van der Waals surface area contributed by atoms with Crippen LogP contribution in [-0.2, 0) is 4.79 Å². The Bertz CT molecular complexity index is 719. The molecular formula is C23H36FN5O. The van der Waals surface area contributed by atoms with Gasteiger partial charge in [-0.2, -0.15) is 0 Å². The molecule has 0 radical (unpaired) electrons. The average Bonchev–Trinajstić information content (AvgIpc) is 3.43. The summed E-state index contributed by atoms with van der Waals surface area (Å²) in [5, 5.41) is 6.79. The van der Waals surface area contributed by atoms with Crippen LogP contribution in [0.5, 0.6) is 0 Å². The second-order valence-electron chi connectivity index (χ2n) is 8.38. The Kier molecular flexibility index (Phi) is 8.34. The van der Waals surface area contributed by atoms with Crippen LogP contribution in [0.3, 0.4) is 0 Å². The number of likely N-dealkylation sites (tertiary alicyclic amines) is 1. The fraction of sp³-hybridized carbons (Fsp3) is 0.652. The van der Waals surface area contributed by atoms with Crippen LogP contribution in [0.1, 0.15) is 45.4 Å². The summed E-state index contributed by atoms with van der Waals surface area (Å²) in [4.78, 5) is 21.3. The van der Waals surface area contributed by atoms with Crippen molar-refractivity contribution < 1.29 is 9.18 Å². The maximum Gasteiger partial charge on any atom is 0.225 e. The van der Waals surface area contributed by atoms with Gasteiger partial charge in [-0.3, -0.25) is 9.79 Å². The number of carbonyl (C=O) groups is 1. The number of para-hydroxylation sites is 1. The van der Waals surface area contributed by atoms with Crippen molar-refractivity contribution in [3.05, 3.63) is 30.1 Å². The van der Waals surface area contributed by atoms with Crippen molar-refractivity contribution in [2.45, 2.75) is 51.5 Å². The van der Waals surface area contributed by atoms with Gasteiger partial charge in [0.2, 0.25) is 5.91 Å². The standard InChI is InChI=1S/C23H36FN5O/c1-3-25-23(26-14-8-15-28(2)21-12-7-6-11-20(21)24)27-19-13-16-29(17-19)22(30)18-9-4-5-10-18/h6-7,11-12,18-19H,3-5,8-10,13-17H2,1-2H3,(H2,25,26,27). The lowest BCUT2D eigenvalue weighted by Crippen LogP contribution is -2.45. The van der Waals surface area contributed by atoms with E-state index < -0.39 is 0 Å². The molecule has 7 heteroatoms. The highest BCUT2D eigenvalue weighted by atomic mass is 19.1. The number of guanidine groups is 1. The number of rotatable bonds is 8. The number of hydrogen-bond donors (Lipinski definition) is 2. The fourth-order valence-corrected chi connectivity index (χ4v) is 4.40. The van der Waals surface area contributed by atoms with E-state index in [-0.39, 0.29) is 17.8 Å². The van der Waals surface area contributed by atoms with Gasteiger partial charge in [0, 0.05) is 51.7 Å². The van der Waals surface area contributed by atoms with E-state index in [1.165, 1.54) is 18.9 Å². The number of amides is 1. The summed E-state index contributed by atoms with van der Waals surface area (Å²) in [6, 6.07) is 7.08. The minimum Gasteiger partial charge on any atom is -0.372 e. The molecule has 1 heterocycles. The Morgan fingerprint density at radius 3 is 2.77 bits per heavy atom. The molecule has 1 aliphatic carbocycles. The van der Waals surface area contributed by atoms with Crippen molar-refractivity contribution >= 4 is 17.6 Å². The normalized spacial score (nSPS) is 19.9. The maximum absolute atomic E-state index is 13.9. The van der Waals surface area contributed by atoms with Crippen LogP contribution in [0.2, 0.25) is 0 Å². The summed E-state index contributed by atoms with van der Waals surface area (Å²) in [7, 11) is 1.90. The highest BCUT2D eigenvalue weighted by molar-refractivity contribution is 5.81. The molecule has 0 spiro atoms. The van der Waals surface area contributed by atoms with Crippen molar-refractivity contribution in [1.82, 2.24) is 15.5 Å². The van der Waals surface area contributed by atoms with Crippen LogP contribution < -0.4 is 15.5 Å². The Labute approximate surface area is 179 Å². The van der Waals surface area contributed by atoms with Crippen molar-refractivity contribution in [2.24, 2.45) is 10.9 Å². The van der Waals surface area contributed by atoms with E-state index in [0.717, 1.165) is 57.8 Å². The SMILES string of the molecule is CCNC(=NCCCN(C)c1ccccc1F)NC1CCN(C(=O)C2CCCC2)C1. The molecule has 3 rings (SSSR count). The Balaban J connectivity index is 1.44. The van der Waals surface area contributed by atoms with E-state index in [4.69, 9.17) is 0 Å².